The Morgan fingerprint density at radius 3 is 2.45 bits per heavy atom. The van der Waals surface area contributed by atoms with Crippen LogP contribution in [0.1, 0.15) is 52.6 Å². The number of aromatic nitrogens is 4. The van der Waals surface area contributed by atoms with Gasteiger partial charge >= 0.3 is 12.3 Å². The normalized spacial score (nSPS) is 15.4. The van der Waals surface area contributed by atoms with Crippen LogP contribution in [0, 0.1) is 0 Å². The van der Waals surface area contributed by atoms with Gasteiger partial charge in [0, 0.05) is 6.04 Å². The van der Waals surface area contributed by atoms with E-state index in [1.54, 1.807) is 45.6 Å². The summed E-state index contributed by atoms with van der Waals surface area (Å²) in [6.07, 6.45) is -2.11. The van der Waals surface area contributed by atoms with Gasteiger partial charge in [-0.15, -0.1) is 13.2 Å². The minimum Gasteiger partial charge on any atom is -0.464 e. The Kier molecular flexibility index (Phi) is 10.6. The van der Waals surface area contributed by atoms with Crippen molar-refractivity contribution >= 4 is 30.4 Å². The number of nitrogen functional groups attached to an aromatic ring is 1. The Morgan fingerprint density at radius 1 is 1.17 bits per heavy atom. The molecule has 0 fully saturated rings. The molecule has 3 N–H and O–H groups in total. The first-order chi connectivity index (χ1) is 19.6. The van der Waals surface area contributed by atoms with Crippen molar-refractivity contribution in [3.63, 3.8) is 0 Å². The van der Waals surface area contributed by atoms with E-state index in [0.29, 0.717) is 29.7 Å². The van der Waals surface area contributed by atoms with Crippen molar-refractivity contribution in [3.05, 3.63) is 42.5 Å². The number of fused-ring (bicyclic) bond motifs is 1. The second kappa shape index (κ2) is 13.4. The zero-order valence-corrected chi connectivity index (χ0v) is 25.3. The third-order valence-electron chi connectivity index (χ3n) is 6.49. The fourth-order valence-electron chi connectivity index (χ4n) is 4.09. The van der Waals surface area contributed by atoms with E-state index in [4.69, 9.17) is 15.2 Å². The molecule has 3 unspecified atom stereocenters. The van der Waals surface area contributed by atoms with Crippen LogP contribution in [-0.4, -0.2) is 68.2 Å². The summed E-state index contributed by atoms with van der Waals surface area (Å²) in [5.74, 6) is -0.722. The van der Waals surface area contributed by atoms with E-state index in [1.807, 2.05) is 6.92 Å². The number of anilines is 1. The number of hydrogen-bond donors (Lipinski definition) is 2. The zero-order valence-electron chi connectivity index (χ0n) is 24.4. The molecule has 12 nitrogen and oxygen atoms in total. The predicted molar refractivity (Wildman–Crippen MR) is 151 cm³/mol. The first-order valence-electron chi connectivity index (χ1n) is 13.2. The van der Waals surface area contributed by atoms with Crippen LogP contribution in [0.15, 0.2) is 36.9 Å². The van der Waals surface area contributed by atoms with E-state index in [2.05, 4.69) is 24.8 Å². The lowest BCUT2D eigenvalue weighted by molar-refractivity contribution is -0.274. The van der Waals surface area contributed by atoms with Gasteiger partial charge in [0.25, 0.3) is 0 Å². The van der Waals surface area contributed by atoms with E-state index in [-0.39, 0.29) is 24.5 Å². The number of carbonyl (C=O) groups excluding carboxylic acids is 1. The predicted octanol–water partition coefficient (Wildman–Crippen LogP) is 4.88. The zero-order chi connectivity index (χ0) is 31.3. The highest BCUT2D eigenvalue weighted by Gasteiger charge is 2.42. The van der Waals surface area contributed by atoms with Crippen LogP contribution in [0.3, 0.4) is 0 Å². The molecule has 0 aliphatic heterocycles. The molecular weight excluding hydrogens is 578 g/mol. The second-order valence-corrected chi connectivity index (χ2v) is 12.9. The number of alkyl halides is 3. The molecule has 2 heterocycles. The molecule has 0 saturated heterocycles. The van der Waals surface area contributed by atoms with E-state index < -0.39 is 37.5 Å². The van der Waals surface area contributed by atoms with Crippen molar-refractivity contribution in [1.29, 1.82) is 0 Å². The summed E-state index contributed by atoms with van der Waals surface area (Å²) >= 11 is 0. The third kappa shape index (κ3) is 8.40. The van der Waals surface area contributed by atoms with Crippen molar-refractivity contribution < 1.29 is 36.7 Å². The number of imidazole rings is 1. The average molecular weight is 616 g/mol. The molecule has 0 aliphatic rings. The molecule has 0 saturated carbocycles. The number of rotatable bonds is 14. The Hall–Kier alpha value is -3.26. The van der Waals surface area contributed by atoms with Gasteiger partial charge in [-0.2, -0.15) is 0 Å². The maximum Gasteiger partial charge on any atom is 0.573 e. The quantitative estimate of drug-likeness (QED) is 0.189. The van der Waals surface area contributed by atoms with Crippen LogP contribution < -0.4 is 15.6 Å². The molecule has 3 atom stereocenters. The first-order valence-corrected chi connectivity index (χ1v) is 15.1. The van der Waals surface area contributed by atoms with Crippen molar-refractivity contribution in [2.24, 2.45) is 0 Å². The highest BCUT2D eigenvalue weighted by molar-refractivity contribution is 7.59. The number of nitrogens with zero attached hydrogens (tertiary/aromatic N) is 5. The van der Waals surface area contributed by atoms with Gasteiger partial charge in [-0.1, -0.05) is 19.1 Å². The molecule has 3 aromatic rings. The number of benzene rings is 1. The Labute approximate surface area is 242 Å². The van der Waals surface area contributed by atoms with Crippen LogP contribution in [0.2, 0.25) is 0 Å². The van der Waals surface area contributed by atoms with Gasteiger partial charge in [0.2, 0.25) is 7.44 Å². The average Bonchev–Trinajstić information content (AvgIpc) is 3.32. The molecule has 232 valence electrons. The minimum absolute atomic E-state index is 0.202. The Morgan fingerprint density at radius 2 is 1.83 bits per heavy atom. The van der Waals surface area contributed by atoms with Gasteiger partial charge in [-0.25, -0.2) is 24.7 Å². The van der Waals surface area contributed by atoms with Gasteiger partial charge < -0.3 is 24.5 Å². The molecule has 0 bridgehead atoms. The lowest BCUT2D eigenvalue weighted by Gasteiger charge is -2.38. The lowest BCUT2D eigenvalue weighted by atomic mass is 10.1. The summed E-state index contributed by atoms with van der Waals surface area (Å²) in [6.45, 7) is 9.00. The number of ether oxygens (including phenoxy) is 3. The Bertz CT molecular complexity index is 1400. The maximum atomic E-state index is 14.6. The topological polar surface area (TPSA) is 147 Å². The van der Waals surface area contributed by atoms with Crippen LogP contribution in [0.25, 0.3) is 11.2 Å². The molecule has 0 spiro atoms. The highest BCUT2D eigenvalue weighted by Crippen LogP contribution is 2.51. The summed E-state index contributed by atoms with van der Waals surface area (Å²) in [4.78, 5) is 25.2. The third-order valence-corrected chi connectivity index (χ3v) is 9.26. The molecule has 42 heavy (non-hydrogen) atoms. The largest absolute Gasteiger partial charge is 0.573 e. The molecule has 1 aromatic carbocycles. The van der Waals surface area contributed by atoms with Gasteiger partial charge in [-0.3, -0.25) is 9.36 Å². The van der Waals surface area contributed by atoms with Gasteiger partial charge in [-0.05, 0) is 58.9 Å². The molecule has 0 radical (unpaired) electrons. The SMILES string of the molecule is CCCOC(=O)C(C)(C)NP(=O)(COC(C)Cn1cnc2c(N)ncnc21)N(C)C(C)c1ccc(OC(F)(F)F)cc1. The fraction of sp³-hybridized carbons (Fsp3) is 0.538. The summed E-state index contributed by atoms with van der Waals surface area (Å²) in [5.41, 5.74) is 6.04. The summed E-state index contributed by atoms with van der Waals surface area (Å²) in [7, 11) is -2.12. The van der Waals surface area contributed by atoms with Crippen molar-refractivity contribution in [1.82, 2.24) is 29.3 Å². The number of halogens is 3. The lowest BCUT2D eigenvalue weighted by Crippen LogP contribution is -2.49. The summed E-state index contributed by atoms with van der Waals surface area (Å²) in [6, 6.07) is 4.70. The van der Waals surface area contributed by atoms with Gasteiger partial charge in [0.1, 0.15) is 29.5 Å². The number of esters is 1. The van der Waals surface area contributed by atoms with Crippen LogP contribution in [-0.2, 0) is 25.4 Å². The standard InChI is InChI=1S/C26H37F3N7O5P/c1-7-12-39-24(37)25(4,5)34-42(38,35(6)18(3)19-8-10-20(11-9-19)41-26(27,28)29)16-40-17(2)13-36-15-33-21-22(30)31-14-32-23(21)36/h8-11,14-15,17-18H,7,12-13,16H2,1-6H3,(H,34,38)(H2,30,31,32). The highest BCUT2D eigenvalue weighted by atomic mass is 31.2. The number of hydrogen-bond acceptors (Lipinski definition) is 9. The van der Waals surface area contributed by atoms with E-state index in [1.165, 1.54) is 35.3 Å². The van der Waals surface area contributed by atoms with Crippen LogP contribution in [0.5, 0.6) is 5.75 Å². The molecule has 0 amide bonds. The van der Waals surface area contributed by atoms with E-state index in [0.717, 1.165) is 0 Å². The maximum absolute atomic E-state index is 14.6. The summed E-state index contributed by atoms with van der Waals surface area (Å²) < 4.78 is 71.0. The monoisotopic (exact) mass is 615 g/mol. The smallest absolute Gasteiger partial charge is 0.464 e. The summed E-state index contributed by atoms with van der Waals surface area (Å²) in [5, 5.41) is 2.97. The molecule has 3 rings (SSSR count). The number of nitrogens with two attached hydrogens (primary N) is 1. The van der Waals surface area contributed by atoms with Crippen molar-refractivity contribution in [2.45, 2.75) is 71.6 Å². The second-order valence-electron chi connectivity index (χ2n) is 10.4. The fourth-order valence-corrected chi connectivity index (χ4v) is 6.61. The molecular formula is C26H37F3N7O5P. The number of nitrogens with one attached hydrogen (secondary N) is 1. The van der Waals surface area contributed by atoms with E-state index in [9.17, 15) is 22.5 Å². The van der Waals surface area contributed by atoms with Gasteiger partial charge in [0.15, 0.2) is 11.5 Å². The molecule has 0 aliphatic carbocycles. The van der Waals surface area contributed by atoms with Gasteiger partial charge in [0.05, 0.1) is 25.6 Å². The van der Waals surface area contributed by atoms with E-state index >= 15 is 0 Å². The van der Waals surface area contributed by atoms with Crippen LogP contribution in [0.4, 0.5) is 19.0 Å². The van der Waals surface area contributed by atoms with Crippen molar-refractivity contribution in [3.8, 4) is 5.75 Å². The molecule has 2 aromatic heterocycles. The first kappa shape index (κ1) is 33.2. The Balaban J connectivity index is 1.82. The van der Waals surface area contributed by atoms with Crippen LogP contribution >= 0.6 is 7.44 Å². The number of carbonyl (C=O) groups is 1. The molecule has 16 heteroatoms. The van der Waals surface area contributed by atoms with Crippen molar-refractivity contribution in [2.75, 3.05) is 25.7 Å². The minimum atomic E-state index is -4.82.